The maximum atomic E-state index is 5.94. The van der Waals surface area contributed by atoms with Crippen molar-refractivity contribution in [3.8, 4) is 11.6 Å². The van der Waals surface area contributed by atoms with Crippen molar-refractivity contribution in [1.82, 2.24) is 15.3 Å². The lowest BCUT2D eigenvalue weighted by Crippen LogP contribution is -2.10. The van der Waals surface area contributed by atoms with E-state index in [1.54, 1.807) is 6.20 Å². The molecule has 0 aliphatic carbocycles. The Hall–Kier alpha value is -1.94. The fraction of sp³-hybridized carbons (Fsp3) is 0.333. The van der Waals surface area contributed by atoms with Gasteiger partial charge in [0.1, 0.15) is 0 Å². The fourth-order valence-electron chi connectivity index (χ4n) is 1.99. The average molecular weight is 257 g/mol. The van der Waals surface area contributed by atoms with Crippen LogP contribution in [0.3, 0.4) is 0 Å². The Morgan fingerprint density at radius 2 is 2.05 bits per heavy atom. The third kappa shape index (κ3) is 3.09. The van der Waals surface area contributed by atoms with Crippen molar-refractivity contribution in [2.75, 3.05) is 7.05 Å². The van der Waals surface area contributed by atoms with Gasteiger partial charge in [-0.25, -0.2) is 4.98 Å². The van der Waals surface area contributed by atoms with Gasteiger partial charge in [-0.15, -0.1) is 0 Å². The summed E-state index contributed by atoms with van der Waals surface area (Å²) in [7, 11) is 1.92. The van der Waals surface area contributed by atoms with Crippen LogP contribution in [0.5, 0.6) is 11.6 Å². The highest BCUT2D eigenvalue weighted by molar-refractivity contribution is 5.39. The minimum absolute atomic E-state index is 0.656. The minimum Gasteiger partial charge on any atom is -0.437 e. The van der Waals surface area contributed by atoms with E-state index in [1.165, 1.54) is 5.56 Å². The quantitative estimate of drug-likeness (QED) is 0.914. The summed E-state index contributed by atoms with van der Waals surface area (Å²) < 4.78 is 5.94. The Morgan fingerprint density at radius 1 is 1.26 bits per heavy atom. The lowest BCUT2D eigenvalue weighted by Gasteiger charge is -2.14. The van der Waals surface area contributed by atoms with Crippen molar-refractivity contribution >= 4 is 0 Å². The zero-order chi connectivity index (χ0) is 13.8. The maximum Gasteiger partial charge on any atom is 0.224 e. The molecule has 0 saturated carbocycles. The van der Waals surface area contributed by atoms with E-state index in [0.29, 0.717) is 5.88 Å². The standard InChI is InChI=1S/C15H19N3O/c1-10-8-11(2)18-15(13(10)9-16-4)19-14-6-5-7-17-12(14)3/h5-8,16H,9H2,1-4H3. The molecule has 0 aliphatic heterocycles. The van der Waals surface area contributed by atoms with E-state index in [4.69, 9.17) is 4.74 Å². The van der Waals surface area contributed by atoms with Crippen LogP contribution in [0, 0.1) is 20.8 Å². The predicted octanol–water partition coefficient (Wildman–Crippen LogP) is 2.91. The van der Waals surface area contributed by atoms with E-state index in [9.17, 15) is 0 Å². The predicted molar refractivity (Wildman–Crippen MR) is 75.5 cm³/mol. The van der Waals surface area contributed by atoms with Crippen LogP contribution in [0.2, 0.25) is 0 Å². The van der Waals surface area contributed by atoms with Crippen molar-refractivity contribution in [2.45, 2.75) is 27.3 Å². The van der Waals surface area contributed by atoms with Crippen LogP contribution >= 0.6 is 0 Å². The topological polar surface area (TPSA) is 47.0 Å². The zero-order valence-corrected chi connectivity index (χ0v) is 11.8. The number of aromatic nitrogens is 2. The van der Waals surface area contributed by atoms with Gasteiger partial charge in [0.2, 0.25) is 5.88 Å². The number of pyridine rings is 2. The summed E-state index contributed by atoms with van der Waals surface area (Å²) >= 11 is 0. The van der Waals surface area contributed by atoms with Crippen molar-refractivity contribution < 1.29 is 4.74 Å². The highest BCUT2D eigenvalue weighted by Gasteiger charge is 2.11. The van der Waals surface area contributed by atoms with Crippen LogP contribution in [0.4, 0.5) is 0 Å². The van der Waals surface area contributed by atoms with Gasteiger partial charge in [-0.05, 0) is 51.6 Å². The van der Waals surface area contributed by atoms with E-state index in [0.717, 1.165) is 29.2 Å². The first-order valence-electron chi connectivity index (χ1n) is 6.33. The molecule has 4 heteroatoms. The first-order chi connectivity index (χ1) is 9.11. The molecule has 0 aliphatic rings. The van der Waals surface area contributed by atoms with E-state index in [2.05, 4.69) is 28.3 Å². The average Bonchev–Trinajstić information content (AvgIpc) is 2.36. The molecule has 1 N–H and O–H groups in total. The Morgan fingerprint density at radius 3 is 2.74 bits per heavy atom. The third-order valence-electron chi connectivity index (χ3n) is 2.96. The normalized spacial score (nSPS) is 10.5. The maximum absolute atomic E-state index is 5.94. The van der Waals surface area contributed by atoms with Gasteiger partial charge < -0.3 is 10.1 Å². The van der Waals surface area contributed by atoms with Crippen LogP contribution in [-0.4, -0.2) is 17.0 Å². The number of rotatable bonds is 4. The summed E-state index contributed by atoms with van der Waals surface area (Å²) in [5, 5.41) is 3.15. The molecule has 0 radical (unpaired) electrons. The van der Waals surface area contributed by atoms with Gasteiger partial charge in [-0.2, -0.15) is 0 Å². The summed E-state index contributed by atoms with van der Waals surface area (Å²) in [6.45, 7) is 6.70. The number of hydrogen-bond donors (Lipinski definition) is 1. The molecular formula is C15H19N3O. The monoisotopic (exact) mass is 257 g/mol. The molecule has 19 heavy (non-hydrogen) atoms. The molecule has 2 aromatic rings. The third-order valence-corrected chi connectivity index (χ3v) is 2.96. The molecule has 0 saturated heterocycles. The lowest BCUT2D eigenvalue weighted by molar-refractivity contribution is 0.446. The molecule has 4 nitrogen and oxygen atoms in total. The summed E-state index contributed by atoms with van der Waals surface area (Å²) in [6.07, 6.45) is 1.76. The fourth-order valence-corrected chi connectivity index (χ4v) is 1.99. The molecule has 2 rings (SSSR count). The number of aryl methyl sites for hydroxylation is 3. The molecular weight excluding hydrogens is 238 g/mol. The molecule has 0 atom stereocenters. The zero-order valence-electron chi connectivity index (χ0n) is 11.8. The van der Waals surface area contributed by atoms with Gasteiger partial charge in [-0.3, -0.25) is 4.98 Å². The molecule has 2 heterocycles. The van der Waals surface area contributed by atoms with Crippen molar-refractivity contribution in [3.05, 3.63) is 46.9 Å². The molecule has 0 unspecified atom stereocenters. The Balaban J connectivity index is 2.41. The molecule has 100 valence electrons. The smallest absolute Gasteiger partial charge is 0.224 e. The number of nitrogens with zero attached hydrogens (tertiary/aromatic N) is 2. The van der Waals surface area contributed by atoms with E-state index in [1.807, 2.05) is 33.0 Å². The molecule has 0 fully saturated rings. The van der Waals surface area contributed by atoms with Crippen LogP contribution in [0.15, 0.2) is 24.4 Å². The van der Waals surface area contributed by atoms with Crippen LogP contribution < -0.4 is 10.1 Å². The van der Waals surface area contributed by atoms with Crippen molar-refractivity contribution in [1.29, 1.82) is 0 Å². The van der Waals surface area contributed by atoms with Gasteiger partial charge >= 0.3 is 0 Å². The summed E-state index contributed by atoms with van der Waals surface area (Å²) in [5.41, 5.74) is 4.07. The number of nitrogens with one attached hydrogen (secondary N) is 1. The summed E-state index contributed by atoms with van der Waals surface area (Å²) in [6, 6.07) is 5.84. The second kappa shape index (κ2) is 5.80. The molecule has 0 amide bonds. The van der Waals surface area contributed by atoms with Crippen molar-refractivity contribution in [2.24, 2.45) is 0 Å². The van der Waals surface area contributed by atoms with E-state index < -0.39 is 0 Å². The number of hydrogen-bond acceptors (Lipinski definition) is 4. The molecule has 0 spiro atoms. The van der Waals surface area contributed by atoms with Gasteiger partial charge in [-0.1, -0.05) is 0 Å². The largest absolute Gasteiger partial charge is 0.437 e. The van der Waals surface area contributed by atoms with Crippen molar-refractivity contribution in [3.63, 3.8) is 0 Å². The number of ether oxygens (including phenoxy) is 1. The summed E-state index contributed by atoms with van der Waals surface area (Å²) in [5.74, 6) is 1.40. The highest BCUT2D eigenvalue weighted by Crippen LogP contribution is 2.27. The second-order valence-corrected chi connectivity index (χ2v) is 4.58. The lowest BCUT2D eigenvalue weighted by atomic mass is 10.1. The van der Waals surface area contributed by atoms with Gasteiger partial charge in [0, 0.05) is 24.0 Å². The van der Waals surface area contributed by atoms with Gasteiger partial charge in [0.25, 0.3) is 0 Å². The Kier molecular flexibility index (Phi) is 4.12. The first kappa shape index (κ1) is 13.5. The molecule has 0 aromatic carbocycles. The first-order valence-corrected chi connectivity index (χ1v) is 6.33. The van der Waals surface area contributed by atoms with E-state index in [-0.39, 0.29) is 0 Å². The second-order valence-electron chi connectivity index (χ2n) is 4.58. The minimum atomic E-state index is 0.656. The Labute approximate surface area is 113 Å². The van der Waals surface area contributed by atoms with E-state index >= 15 is 0 Å². The molecule has 0 bridgehead atoms. The Bertz CT molecular complexity index is 582. The van der Waals surface area contributed by atoms with Gasteiger partial charge in [0.05, 0.1) is 5.69 Å². The van der Waals surface area contributed by atoms with Crippen LogP contribution in [-0.2, 0) is 6.54 Å². The molecule has 2 aromatic heterocycles. The van der Waals surface area contributed by atoms with Gasteiger partial charge in [0.15, 0.2) is 5.75 Å². The van der Waals surface area contributed by atoms with Crippen LogP contribution in [0.25, 0.3) is 0 Å². The summed E-state index contributed by atoms with van der Waals surface area (Å²) in [4.78, 5) is 8.73. The SMILES string of the molecule is CNCc1c(C)cc(C)nc1Oc1cccnc1C. The highest BCUT2D eigenvalue weighted by atomic mass is 16.5. The van der Waals surface area contributed by atoms with Crippen LogP contribution in [0.1, 0.15) is 22.5 Å².